The summed E-state index contributed by atoms with van der Waals surface area (Å²) in [6.45, 7) is 20.7. The Morgan fingerprint density at radius 2 is 0.897 bits per heavy atom. The van der Waals surface area contributed by atoms with Crippen molar-refractivity contribution in [2.75, 3.05) is 0 Å². The van der Waals surface area contributed by atoms with Crippen LogP contribution in [0.1, 0.15) is 14.9 Å². The molecule has 13 heteroatoms. The van der Waals surface area contributed by atoms with Crippen molar-refractivity contribution in [3.63, 3.8) is 0 Å². The van der Waals surface area contributed by atoms with Crippen molar-refractivity contribution < 1.29 is 62.4 Å². The fraction of sp³-hybridized carbons (Fsp3) is 0.125. The Labute approximate surface area is 216 Å². The number of nitrogens with one attached hydrogen (secondary N) is 3. The number of terminal acetylenes is 1. The Hall–Kier alpha value is -1.88. The van der Waals surface area contributed by atoms with E-state index < -0.39 is 0 Å². The zero-order chi connectivity index (χ0) is 22.9. The molecule has 1 heterocycles. The van der Waals surface area contributed by atoms with Gasteiger partial charge in [-0.1, -0.05) is 40.2 Å². The summed E-state index contributed by atoms with van der Waals surface area (Å²) in [5.41, 5.74) is 10.0. The molecule has 0 radical (unpaired) electrons. The van der Waals surface area contributed by atoms with E-state index in [0.717, 1.165) is 0 Å². The molecular formula is C16H37ArN5O5S2. The molecule has 0 aliphatic carbocycles. The van der Waals surface area contributed by atoms with Gasteiger partial charge in [-0.3, -0.25) is 0 Å². The van der Waals surface area contributed by atoms with Gasteiger partial charge in [0.05, 0.1) is 12.4 Å². The molecule has 0 aliphatic heterocycles. The number of carbonyl (C=O) groups excluding carboxylic acids is 4. The third-order valence-corrected chi connectivity index (χ3v) is 0.498. The van der Waals surface area contributed by atoms with Crippen molar-refractivity contribution in [2.45, 2.75) is 14.9 Å². The molecule has 0 saturated carbocycles. The molecule has 10 nitrogen and oxygen atoms in total. The van der Waals surface area contributed by atoms with Gasteiger partial charge >= 0.3 is 0 Å². The molecule has 1 rings (SSSR count). The molecule has 0 aliphatic rings. The average molecular weight is 484 g/mol. The van der Waals surface area contributed by atoms with Gasteiger partial charge in [-0.25, -0.2) is 11.1 Å². The summed E-state index contributed by atoms with van der Waals surface area (Å²) < 4.78 is 0. The molecule has 0 aromatic carbocycles. The first-order valence-corrected chi connectivity index (χ1v) is 6.48. The Bertz CT molecular complexity index is 251. The minimum atomic E-state index is 0. The van der Waals surface area contributed by atoms with Crippen molar-refractivity contribution in [2.24, 2.45) is 0 Å². The monoisotopic (exact) mass is 483 g/mol. The summed E-state index contributed by atoms with van der Waals surface area (Å²) in [4.78, 5) is 32.0. The molecule has 1 aromatic heterocycles. The van der Waals surface area contributed by atoms with E-state index in [0.29, 0.717) is 0 Å². The Balaban J connectivity index is -0.00000000909. The minimum absolute atomic E-state index is 0. The van der Waals surface area contributed by atoms with Gasteiger partial charge in [0.25, 0.3) is 0 Å². The van der Waals surface area contributed by atoms with E-state index >= 15 is 0 Å². The average Bonchev–Trinajstić information content (AvgIpc) is 3.39. The first kappa shape index (κ1) is 92.8. The number of rotatable bonds is 1. The fourth-order valence-electron chi connectivity index (χ4n) is 0.167. The van der Waals surface area contributed by atoms with Crippen molar-refractivity contribution in [1.29, 1.82) is 11.1 Å². The number of H-pyrrole nitrogens is 1. The molecular weight excluding hydrogens is 446 g/mol. The Kier molecular flexibility index (Phi) is 2010. The molecule has 0 amide bonds. The van der Waals surface area contributed by atoms with Gasteiger partial charge in [-0.2, -0.15) is 15.4 Å². The van der Waals surface area contributed by atoms with Crippen LogP contribution in [-0.2, 0) is 19.2 Å². The topological polar surface area (TPSA) is 189 Å². The van der Waals surface area contributed by atoms with Crippen LogP contribution in [-0.4, -0.2) is 48.0 Å². The summed E-state index contributed by atoms with van der Waals surface area (Å²) in [6, 6.07) is 0. The van der Waals surface area contributed by atoms with Crippen molar-refractivity contribution >= 4 is 50.5 Å². The summed E-state index contributed by atoms with van der Waals surface area (Å²) in [5, 5.41) is 9.33. The van der Waals surface area contributed by atoms with Gasteiger partial charge < -0.3 is 24.7 Å². The first-order valence-electron chi connectivity index (χ1n) is 4.88. The van der Waals surface area contributed by atoms with E-state index in [4.69, 9.17) is 30.2 Å². The SMILES string of the molecule is C.C.C#C.C=C.C=CC=C.C=O.C=O.C=O.C=O.N=N.O.SS.[Ar].c1cn[nH]n1. The second-order valence-corrected chi connectivity index (χ2v) is 1.13. The summed E-state index contributed by atoms with van der Waals surface area (Å²) in [7, 11) is 0. The van der Waals surface area contributed by atoms with E-state index in [1.807, 2.05) is 27.2 Å². The number of hydrogen-bond acceptors (Lipinski definition) is 10. The second kappa shape index (κ2) is 629. The zero-order valence-electron chi connectivity index (χ0n) is 14.9. The molecule has 29 heavy (non-hydrogen) atoms. The van der Waals surface area contributed by atoms with E-state index in [1.165, 1.54) is 0 Å². The van der Waals surface area contributed by atoms with Crippen LogP contribution in [0.15, 0.2) is 50.9 Å². The molecule has 0 bridgehead atoms. The predicted octanol–water partition coefficient (Wildman–Crippen LogP) is 3.28. The number of thiol groups is 2. The van der Waals surface area contributed by atoms with Gasteiger partial charge in [-0.05, 0) is 0 Å². The summed E-state index contributed by atoms with van der Waals surface area (Å²) >= 11 is 6.44. The van der Waals surface area contributed by atoms with Gasteiger partial charge in [0.15, 0.2) is 0 Å². The number of carbonyl (C=O) groups is 4. The Morgan fingerprint density at radius 1 is 0.759 bits per heavy atom. The molecule has 0 unspecified atom stereocenters. The quantitative estimate of drug-likeness (QED) is 0.102. The van der Waals surface area contributed by atoms with E-state index in [2.05, 4.69) is 77.9 Å². The van der Waals surface area contributed by atoms with E-state index in [-0.39, 0.29) is 58.1 Å². The van der Waals surface area contributed by atoms with Crippen LogP contribution in [0.5, 0.6) is 0 Å². The van der Waals surface area contributed by atoms with Crippen LogP contribution in [0.2, 0.25) is 0 Å². The molecule has 0 atom stereocenters. The molecule has 1 aromatic rings. The zero-order valence-corrected chi connectivity index (χ0v) is 17.4. The third kappa shape index (κ3) is 895. The van der Waals surface area contributed by atoms with Crippen LogP contribution in [0.25, 0.3) is 0 Å². The Morgan fingerprint density at radius 3 is 0.931 bits per heavy atom. The smallest absolute Gasteiger partial charge is 0.106 e. The fourth-order valence-corrected chi connectivity index (χ4v) is 0.167. The maximum absolute atomic E-state index is 8.00. The molecule has 0 fully saturated rings. The standard InChI is InChI=1S/C4H6.C2H3N3.C2H4.C2H2.4CH2O.2CH4.Ar.H2N2.H2O.H2S2/c1-3-4-2;1-2-4-5-3-1;6*1-2;;;;1-2;;1-2/h3-4H,1-2H2;1-2H,(H,3,4,5);1-2H2;1-2H;4*1H2;2*1H4;;1-2H;1H2;1-2H. The van der Waals surface area contributed by atoms with E-state index in [9.17, 15) is 0 Å². The van der Waals surface area contributed by atoms with Crippen LogP contribution in [0.4, 0.5) is 0 Å². The maximum atomic E-state index is 8.00. The number of allylic oxidation sites excluding steroid dienone is 2. The molecule has 0 spiro atoms. The molecule has 5 N–H and O–H groups in total. The van der Waals surface area contributed by atoms with Crippen LogP contribution in [0, 0.1) is 61.6 Å². The summed E-state index contributed by atoms with van der Waals surface area (Å²) in [6.07, 6.45) is 14.4. The van der Waals surface area contributed by atoms with Gasteiger partial charge in [0.2, 0.25) is 0 Å². The summed E-state index contributed by atoms with van der Waals surface area (Å²) in [5.74, 6) is 0. The van der Waals surface area contributed by atoms with E-state index in [1.54, 1.807) is 24.5 Å². The van der Waals surface area contributed by atoms with Gasteiger partial charge in [0.1, 0.15) is 27.2 Å². The molecule has 176 valence electrons. The minimum Gasteiger partial charge on any atom is -0.412 e. The van der Waals surface area contributed by atoms with Crippen molar-refractivity contribution in [1.82, 2.24) is 15.4 Å². The van der Waals surface area contributed by atoms with Crippen molar-refractivity contribution in [3.05, 3.63) is 50.9 Å². The van der Waals surface area contributed by atoms with Crippen LogP contribution in [0.3, 0.4) is 0 Å². The van der Waals surface area contributed by atoms with Crippen LogP contribution < -0.4 is 0 Å². The van der Waals surface area contributed by atoms with Gasteiger partial charge in [0, 0.05) is 37.7 Å². The first-order chi connectivity index (χ1) is 12.4. The maximum Gasteiger partial charge on any atom is 0.106 e. The predicted molar refractivity (Wildman–Crippen MR) is 127 cm³/mol. The number of hydrogen-bond donors (Lipinski definition) is 5. The normalized spacial score (nSPS) is 3.17. The number of aromatic nitrogens is 3. The largest absolute Gasteiger partial charge is 0.412 e. The van der Waals surface area contributed by atoms with Crippen molar-refractivity contribution in [3.8, 4) is 12.8 Å². The number of nitrogens with zero attached hydrogens (tertiary/aromatic N) is 2. The van der Waals surface area contributed by atoms with Gasteiger partial charge in [-0.15, -0.1) is 49.3 Å². The molecule has 0 saturated heterocycles. The second-order valence-electron chi connectivity index (χ2n) is 1.13. The van der Waals surface area contributed by atoms with Crippen LogP contribution >= 0.6 is 23.3 Å². The third-order valence-electron chi connectivity index (χ3n) is 0.498. The number of aromatic amines is 1.